The highest BCUT2D eigenvalue weighted by Gasteiger charge is 2.32. The van der Waals surface area contributed by atoms with E-state index in [0.717, 1.165) is 33.0 Å². The van der Waals surface area contributed by atoms with Crippen LogP contribution >= 0.6 is 0 Å². The number of hydrogen-bond donors (Lipinski definition) is 0. The van der Waals surface area contributed by atoms with Crippen LogP contribution in [0.1, 0.15) is 11.1 Å². The van der Waals surface area contributed by atoms with Crippen LogP contribution in [0.25, 0.3) is 0 Å². The second-order valence-corrected chi connectivity index (χ2v) is 6.74. The van der Waals surface area contributed by atoms with E-state index in [-0.39, 0.29) is 25.5 Å². The molecule has 2 aliphatic heterocycles. The number of benzene rings is 3. The van der Waals surface area contributed by atoms with Crippen LogP contribution in [0.15, 0.2) is 60.7 Å². The third kappa shape index (κ3) is 2.57. The van der Waals surface area contributed by atoms with Crippen LogP contribution in [0.3, 0.4) is 0 Å². The van der Waals surface area contributed by atoms with Gasteiger partial charge in [-0.05, 0) is 57.2 Å². The Labute approximate surface area is 151 Å². The van der Waals surface area contributed by atoms with E-state index in [4.69, 9.17) is 9.31 Å². The molecule has 0 saturated heterocycles. The molecule has 0 aliphatic carbocycles. The fourth-order valence-electron chi connectivity index (χ4n) is 3.83. The first kappa shape index (κ1) is 15.8. The minimum atomic E-state index is -0.239. The molecule has 0 spiro atoms. The monoisotopic (exact) mass is 346 g/mol. The molecule has 0 unspecified atom stereocenters. The Morgan fingerprint density at radius 1 is 0.615 bits per heavy atom. The summed E-state index contributed by atoms with van der Waals surface area (Å²) in [7, 11) is 0. The van der Waals surface area contributed by atoms with Crippen molar-refractivity contribution in [3.8, 4) is 0 Å². The van der Waals surface area contributed by atoms with Crippen molar-refractivity contribution < 1.29 is 18.1 Å². The van der Waals surface area contributed by atoms with Crippen molar-refractivity contribution in [2.24, 2.45) is 0 Å². The first-order chi connectivity index (χ1) is 12.7. The van der Waals surface area contributed by atoms with Crippen molar-refractivity contribution in [3.63, 3.8) is 0 Å². The molecule has 0 atom stereocenters. The first-order valence-corrected chi connectivity index (χ1v) is 8.59. The van der Waals surface area contributed by atoms with Crippen molar-refractivity contribution in [3.05, 3.63) is 83.4 Å². The molecule has 0 bridgehead atoms. The van der Waals surface area contributed by atoms with Crippen LogP contribution in [0.5, 0.6) is 0 Å². The molecule has 0 N–H and O–H groups in total. The molecule has 5 rings (SSSR count). The summed E-state index contributed by atoms with van der Waals surface area (Å²) in [5, 5.41) is 0. The van der Waals surface area contributed by atoms with Crippen molar-refractivity contribution in [1.82, 2.24) is 0 Å². The predicted molar refractivity (Wildman–Crippen MR) is 98.9 cm³/mol. The fourth-order valence-corrected chi connectivity index (χ4v) is 3.83. The minimum Gasteiger partial charge on any atom is -0.423 e. The molecule has 6 heteroatoms. The van der Waals surface area contributed by atoms with Gasteiger partial charge in [0.15, 0.2) is 0 Å². The normalized spacial score (nSPS) is 15.3. The van der Waals surface area contributed by atoms with Crippen molar-refractivity contribution in [1.29, 1.82) is 0 Å². The summed E-state index contributed by atoms with van der Waals surface area (Å²) in [6, 6.07) is 17.7. The Morgan fingerprint density at radius 2 is 1.04 bits per heavy atom. The van der Waals surface area contributed by atoms with Crippen molar-refractivity contribution in [2.75, 3.05) is 0 Å². The highest BCUT2D eigenvalue weighted by atomic mass is 19.1. The van der Waals surface area contributed by atoms with Crippen molar-refractivity contribution in [2.45, 2.75) is 13.2 Å². The van der Waals surface area contributed by atoms with E-state index in [9.17, 15) is 8.78 Å². The predicted octanol–water partition coefficient (Wildman–Crippen LogP) is 1.24. The quantitative estimate of drug-likeness (QED) is 0.651. The maximum atomic E-state index is 13.4. The highest BCUT2D eigenvalue weighted by molar-refractivity contribution is 6.82. The van der Waals surface area contributed by atoms with E-state index in [1.165, 1.54) is 24.3 Å². The SMILES string of the molecule is Fc1ccc2c(c1)COB2c1ccc(B2OCc3cc(F)ccc32)cc1. The highest BCUT2D eigenvalue weighted by Crippen LogP contribution is 2.14. The lowest BCUT2D eigenvalue weighted by atomic mass is 9.53. The standard InChI is InChI=1S/C20H14B2F2O2/c23-17-5-7-19-13(9-17)11-25-21(19)15-1-2-16(4-3-15)22-20-8-6-18(24)10-14(20)12-26-22/h1-10H,11-12H2. The van der Waals surface area contributed by atoms with E-state index in [2.05, 4.69) is 0 Å². The number of fused-ring (bicyclic) bond motifs is 2. The van der Waals surface area contributed by atoms with Gasteiger partial charge in [-0.2, -0.15) is 0 Å². The van der Waals surface area contributed by atoms with E-state index in [1.54, 1.807) is 12.1 Å². The summed E-state index contributed by atoms with van der Waals surface area (Å²) in [5.41, 5.74) is 5.87. The fraction of sp³-hybridized carbons (Fsp3) is 0.100. The number of halogens is 2. The van der Waals surface area contributed by atoms with Crippen LogP contribution < -0.4 is 21.9 Å². The molecule has 3 aromatic rings. The lowest BCUT2D eigenvalue weighted by molar-refractivity contribution is 0.336. The molecule has 2 nitrogen and oxygen atoms in total. The van der Waals surface area contributed by atoms with Gasteiger partial charge in [-0.3, -0.25) is 0 Å². The van der Waals surface area contributed by atoms with Gasteiger partial charge in [-0.15, -0.1) is 0 Å². The summed E-state index contributed by atoms with van der Waals surface area (Å²) in [5.74, 6) is -0.478. The Bertz CT molecular complexity index is 911. The van der Waals surface area contributed by atoms with Crippen molar-refractivity contribution >= 4 is 35.7 Å². The third-order valence-electron chi connectivity index (χ3n) is 5.13. The van der Waals surface area contributed by atoms with E-state index in [1.807, 2.05) is 24.3 Å². The molecular formula is C20H14B2F2O2. The van der Waals surface area contributed by atoms with Gasteiger partial charge < -0.3 is 9.31 Å². The van der Waals surface area contributed by atoms with Gasteiger partial charge in [-0.1, -0.05) is 36.4 Å². The molecule has 2 heterocycles. The first-order valence-electron chi connectivity index (χ1n) is 8.59. The van der Waals surface area contributed by atoms with Gasteiger partial charge in [0.05, 0.1) is 13.2 Å². The zero-order chi connectivity index (χ0) is 17.7. The number of rotatable bonds is 2. The maximum absolute atomic E-state index is 13.4. The molecule has 3 aromatic carbocycles. The van der Waals surface area contributed by atoms with E-state index >= 15 is 0 Å². The summed E-state index contributed by atoms with van der Waals surface area (Å²) >= 11 is 0. The Morgan fingerprint density at radius 3 is 1.46 bits per heavy atom. The summed E-state index contributed by atoms with van der Waals surface area (Å²) in [6.07, 6.45) is 0. The van der Waals surface area contributed by atoms with E-state index < -0.39 is 0 Å². The molecule has 0 radical (unpaired) electrons. The zero-order valence-electron chi connectivity index (χ0n) is 13.9. The summed E-state index contributed by atoms with van der Waals surface area (Å²) in [6.45, 7) is 0.491. The topological polar surface area (TPSA) is 18.5 Å². The minimum absolute atomic E-state index is 0.175. The van der Waals surface area contributed by atoms with Gasteiger partial charge in [0.2, 0.25) is 0 Å². The largest absolute Gasteiger partial charge is 0.423 e. The average molecular weight is 346 g/mol. The van der Waals surface area contributed by atoms with Gasteiger partial charge in [0.25, 0.3) is 0 Å². The molecule has 0 saturated carbocycles. The molecule has 126 valence electrons. The smallest absolute Gasteiger partial charge is 0.362 e. The van der Waals surface area contributed by atoms with Gasteiger partial charge in [0.1, 0.15) is 11.6 Å². The Kier molecular flexibility index (Phi) is 3.69. The molecular weight excluding hydrogens is 332 g/mol. The van der Waals surface area contributed by atoms with Crippen LogP contribution in [0, 0.1) is 11.6 Å². The van der Waals surface area contributed by atoms with Crippen LogP contribution in [-0.2, 0) is 22.5 Å². The lowest BCUT2D eigenvalue weighted by Crippen LogP contribution is -2.44. The van der Waals surface area contributed by atoms with Crippen LogP contribution in [0.4, 0.5) is 8.78 Å². The molecule has 2 aliphatic rings. The van der Waals surface area contributed by atoms with E-state index in [0.29, 0.717) is 13.2 Å². The molecule has 0 aromatic heterocycles. The number of hydrogen-bond acceptors (Lipinski definition) is 2. The average Bonchev–Trinajstić information content (AvgIpc) is 3.25. The molecule has 26 heavy (non-hydrogen) atoms. The van der Waals surface area contributed by atoms with Gasteiger partial charge in [0, 0.05) is 0 Å². The second kappa shape index (κ2) is 6.08. The zero-order valence-corrected chi connectivity index (χ0v) is 13.9. The summed E-state index contributed by atoms with van der Waals surface area (Å²) in [4.78, 5) is 0. The summed E-state index contributed by atoms with van der Waals surface area (Å²) < 4.78 is 38.5. The maximum Gasteiger partial charge on any atom is 0.362 e. The van der Waals surface area contributed by atoms with Gasteiger partial charge >= 0.3 is 13.8 Å². The lowest BCUT2D eigenvalue weighted by Gasteiger charge is -2.11. The van der Waals surface area contributed by atoms with Crippen LogP contribution in [0.2, 0.25) is 0 Å². The molecule has 0 fully saturated rings. The third-order valence-corrected chi connectivity index (χ3v) is 5.13. The molecule has 0 amide bonds. The van der Waals surface area contributed by atoms with Crippen LogP contribution in [-0.4, -0.2) is 13.8 Å². The van der Waals surface area contributed by atoms with Gasteiger partial charge in [-0.25, -0.2) is 8.78 Å². The Hall–Kier alpha value is -2.43. The second-order valence-electron chi connectivity index (χ2n) is 6.74. The Balaban J connectivity index is 1.43.